The van der Waals surface area contributed by atoms with Gasteiger partial charge in [0.05, 0.1) is 5.03 Å². The first-order valence-electron chi connectivity index (χ1n) is 1.84. The molecule has 1 aromatic rings. The molecule has 0 aliphatic rings. The number of hydrogen-bond donors (Lipinski definition) is 0. The molecule has 0 bridgehead atoms. The molecular weight excluding hydrogens is 168 g/mol. The summed E-state index contributed by atoms with van der Waals surface area (Å²) < 4.78 is 0. The van der Waals surface area contributed by atoms with Crippen LogP contribution in [0.15, 0.2) is 5.10 Å². The van der Waals surface area contributed by atoms with Crippen molar-refractivity contribution in [2.45, 2.75) is 0 Å². The number of nitrogens with zero attached hydrogens (tertiary/aromatic N) is 6. The fraction of sp³-hybridized carbons (Fsp3) is 0. The van der Waals surface area contributed by atoms with Gasteiger partial charge in [-0.1, -0.05) is 0 Å². The molecule has 1 rings (SSSR count). The SMILES string of the molecule is O=[N+]([O-])N=c1[n-]nn[n-]1.[Ca+2]. The molecule has 0 aliphatic carbocycles. The topological polar surface area (TPSA) is 109 Å². The number of hydrogen-bond acceptors (Lipinski definition) is 4. The second kappa shape index (κ2) is 4.36. The predicted molar refractivity (Wildman–Crippen MR) is 27.0 cm³/mol. The summed E-state index contributed by atoms with van der Waals surface area (Å²) in [6.07, 6.45) is 0. The molecule has 9 heteroatoms. The molecule has 0 N–H and O–H groups in total. The van der Waals surface area contributed by atoms with Crippen LogP contribution in [0.25, 0.3) is 0 Å². The van der Waals surface area contributed by atoms with Gasteiger partial charge in [0.2, 0.25) is 0 Å². The molecule has 1 heterocycles. The van der Waals surface area contributed by atoms with E-state index in [2.05, 4.69) is 25.7 Å². The van der Waals surface area contributed by atoms with E-state index in [0.29, 0.717) is 0 Å². The Morgan fingerprint density at radius 3 is 2.40 bits per heavy atom. The molecule has 0 spiro atoms. The molecule has 48 valence electrons. The predicted octanol–water partition coefficient (Wildman–Crippen LogP) is -2.90. The van der Waals surface area contributed by atoms with Crippen LogP contribution in [0.4, 0.5) is 0 Å². The van der Waals surface area contributed by atoms with E-state index < -0.39 is 5.03 Å². The molecule has 1 aromatic heterocycles. The third kappa shape index (κ3) is 2.90. The van der Waals surface area contributed by atoms with Crippen LogP contribution in [-0.2, 0) is 0 Å². The molecule has 0 unspecified atom stereocenters. The first-order valence-corrected chi connectivity index (χ1v) is 1.84. The van der Waals surface area contributed by atoms with Gasteiger partial charge in [0, 0.05) is 5.62 Å². The Kier molecular flexibility index (Phi) is 4.16. The number of nitro groups is 1. The third-order valence-electron chi connectivity index (χ3n) is 0.479. The molecule has 0 saturated carbocycles. The Hall–Kier alpha value is -0.470. The maximum atomic E-state index is 9.57. The molecule has 8 nitrogen and oxygen atoms in total. The van der Waals surface area contributed by atoms with E-state index in [0.717, 1.165) is 0 Å². The molecule has 0 aliphatic heterocycles. The number of rotatable bonds is 1. The van der Waals surface area contributed by atoms with E-state index in [9.17, 15) is 10.1 Å². The van der Waals surface area contributed by atoms with Crippen LogP contribution in [-0.4, -0.2) is 53.2 Å². The van der Waals surface area contributed by atoms with Crippen molar-refractivity contribution in [1.82, 2.24) is 20.6 Å². The van der Waals surface area contributed by atoms with Gasteiger partial charge < -0.3 is 15.4 Å². The molecule has 0 saturated heterocycles. The standard InChI is InChI=1S/CN6O2.Ca/c8-7(9)4-1-2-5-6-3-1;/q-2;+2. The minimum absolute atomic E-state index is 0. The van der Waals surface area contributed by atoms with Crippen LogP contribution in [0, 0.1) is 10.1 Å². The minimum Gasteiger partial charge on any atom is -0.447 e. The third-order valence-corrected chi connectivity index (χ3v) is 0.479. The van der Waals surface area contributed by atoms with Gasteiger partial charge in [-0.2, -0.15) is 0 Å². The zero-order chi connectivity index (χ0) is 6.69. The van der Waals surface area contributed by atoms with Crippen molar-refractivity contribution < 1.29 is 5.03 Å². The Morgan fingerprint density at radius 2 is 2.00 bits per heavy atom. The average Bonchev–Trinajstić information content (AvgIpc) is 2.15. The van der Waals surface area contributed by atoms with E-state index >= 15 is 0 Å². The van der Waals surface area contributed by atoms with Crippen molar-refractivity contribution in [3.63, 3.8) is 0 Å². The molecular formula is CCaN6O2. The Labute approximate surface area is 83.8 Å². The van der Waals surface area contributed by atoms with Gasteiger partial charge in [-0.05, 0) is 0 Å². The Bertz CT molecular complexity index is 244. The summed E-state index contributed by atoms with van der Waals surface area (Å²) in [5, 5.41) is 23.4. The Morgan fingerprint density at radius 1 is 1.50 bits per heavy atom. The zero-order valence-electron chi connectivity index (χ0n) is 4.71. The summed E-state index contributed by atoms with van der Waals surface area (Å²) in [5.41, 5.74) is -0.333. The van der Waals surface area contributed by atoms with E-state index in [-0.39, 0.29) is 43.4 Å². The maximum Gasteiger partial charge on any atom is 2.00 e. The average molecular weight is 168 g/mol. The molecule has 0 amide bonds. The van der Waals surface area contributed by atoms with Crippen molar-refractivity contribution in [2.24, 2.45) is 5.10 Å². The van der Waals surface area contributed by atoms with Crippen molar-refractivity contribution >= 4 is 37.7 Å². The summed E-state index contributed by atoms with van der Waals surface area (Å²) in [7, 11) is 0. The second-order valence-electron chi connectivity index (χ2n) is 1.02. The van der Waals surface area contributed by atoms with Crippen LogP contribution >= 0.6 is 0 Å². The smallest absolute Gasteiger partial charge is 0.447 e. The Balaban J connectivity index is 0.000000810. The monoisotopic (exact) mass is 168 g/mol. The van der Waals surface area contributed by atoms with E-state index in [1.165, 1.54) is 0 Å². The summed E-state index contributed by atoms with van der Waals surface area (Å²) in [6, 6.07) is 0. The number of tetrazole rings is 1. The van der Waals surface area contributed by atoms with Gasteiger partial charge in [-0.25, -0.2) is 0 Å². The van der Waals surface area contributed by atoms with Gasteiger partial charge in [0.15, 0.2) is 0 Å². The van der Waals surface area contributed by atoms with Gasteiger partial charge in [-0.15, -0.1) is 5.10 Å². The molecule has 0 radical (unpaired) electrons. The van der Waals surface area contributed by atoms with Gasteiger partial charge in [-0.3, -0.25) is 15.3 Å². The van der Waals surface area contributed by atoms with Crippen LogP contribution < -0.4 is 15.8 Å². The first-order chi connectivity index (χ1) is 4.29. The molecule has 10 heavy (non-hydrogen) atoms. The molecule has 0 fully saturated rings. The van der Waals surface area contributed by atoms with E-state index in [1.54, 1.807) is 0 Å². The van der Waals surface area contributed by atoms with Crippen LogP contribution in [0.3, 0.4) is 0 Å². The second-order valence-corrected chi connectivity index (χ2v) is 1.02. The molecule has 0 atom stereocenters. The largest absolute Gasteiger partial charge is 2.00 e. The van der Waals surface area contributed by atoms with Crippen molar-refractivity contribution in [2.75, 3.05) is 0 Å². The van der Waals surface area contributed by atoms with Crippen molar-refractivity contribution in [1.29, 1.82) is 0 Å². The van der Waals surface area contributed by atoms with Crippen molar-refractivity contribution in [3.8, 4) is 0 Å². The minimum atomic E-state index is -0.918. The van der Waals surface area contributed by atoms with Crippen molar-refractivity contribution in [3.05, 3.63) is 15.7 Å². The van der Waals surface area contributed by atoms with Gasteiger partial charge in [0.25, 0.3) is 0 Å². The normalized spacial score (nSPS) is 8.00. The summed E-state index contributed by atoms with van der Waals surface area (Å²) in [6.45, 7) is 0. The van der Waals surface area contributed by atoms with E-state index in [4.69, 9.17) is 0 Å². The zero-order valence-corrected chi connectivity index (χ0v) is 6.92. The fourth-order valence-electron chi connectivity index (χ4n) is 0.253. The van der Waals surface area contributed by atoms with Crippen LogP contribution in [0.2, 0.25) is 0 Å². The van der Waals surface area contributed by atoms with Gasteiger partial charge in [0.1, 0.15) is 0 Å². The first kappa shape index (κ1) is 9.53. The summed E-state index contributed by atoms with van der Waals surface area (Å²) in [4.78, 5) is 9.57. The van der Waals surface area contributed by atoms with Crippen LogP contribution in [0.5, 0.6) is 0 Å². The number of aromatic nitrogens is 4. The quantitative estimate of drug-likeness (QED) is 0.253. The molecule has 0 aromatic carbocycles. The van der Waals surface area contributed by atoms with Gasteiger partial charge >= 0.3 is 37.7 Å². The summed E-state index contributed by atoms with van der Waals surface area (Å²) >= 11 is 0. The fourth-order valence-corrected chi connectivity index (χ4v) is 0.253. The summed E-state index contributed by atoms with van der Waals surface area (Å²) in [5.74, 6) is 0. The van der Waals surface area contributed by atoms with Crippen LogP contribution in [0.1, 0.15) is 0 Å². The van der Waals surface area contributed by atoms with E-state index in [1.807, 2.05) is 0 Å². The maximum absolute atomic E-state index is 9.57.